The number of esters is 1. The van der Waals surface area contributed by atoms with Crippen LogP contribution >= 0.6 is 11.3 Å². The number of likely N-dealkylation sites (tertiary alicyclic amines) is 1. The van der Waals surface area contributed by atoms with Crippen molar-refractivity contribution in [3.63, 3.8) is 0 Å². The maximum Gasteiger partial charge on any atom is 0.377 e. The minimum absolute atomic E-state index is 0.00583. The topological polar surface area (TPSA) is 85.5 Å². The fourth-order valence-electron chi connectivity index (χ4n) is 3.22. The number of hydrogen-bond acceptors (Lipinski definition) is 7. The number of amides is 1. The summed E-state index contributed by atoms with van der Waals surface area (Å²) in [6, 6.07) is 9.54. The first kappa shape index (κ1) is 17.7. The van der Waals surface area contributed by atoms with Crippen LogP contribution in [0.15, 0.2) is 34.9 Å². The number of aromatic nitrogens is 2. The zero-order chi connectivity index (χ0) is 18.8. The zero-order valence-electron chi connectivity index (χ0n) is 14.9. The minimum atomic E-state index is -0.677. The molecular formula is C19H19N3O4S. The number of rotatable bonds is 4. The zero-order valence-corrected chi connectivity index (χ0v) is 15.7. The number of nitrogens with zero attached hydrogens (tertiary/aromatic N) is 3. The lowest BCUT2D eigenvalue weighted by Crippen LogP contribution is -2.41. The van der Waals surface area contributed by atoms with Gasteiger partial charge in [0.05, 0.1) is 20.9 Å². The first-order valence-electron chi connectivity index (χ1n) is 8.84. The van der Waals surface area contributed by atoms with Crippen LogP contribution in [-0.4, -0.2) is 46.6 Å². The van der Waals surface area contributed by atoms with Crippen molar-refractivity contribution in [2.24, 2.45) is 0 Å². The van der Waals surface area contributed by atoms with Gasteiger partial charge in [0.25, 0.3) is 5.91 Å². The molecule has 1 aliphatic heterocycles. The molecule has 1 fully saturated rings. The molecule has 1 aromatic carbocycles. The summed E-state index contributed by atoms with van der Waals surface area (Å²) in [5.74, 6) is -0.659. The van der Waals surface area contributed by atoms with Gasteiger partial charge in [0, 0.05) is 25.1 Å². The van der Waals surface area contributed by atoms with Crippen molar-refractivity contribution < 1.29 is 18.8 Å². The van der Waals surface area contributed by atoms with Crippen LogP contribution in [0.5, 0.6) is 0 Å². The van der Waals surface area contributed by atoms with E-state index < -0.39 is 5.97 Å². The van der Waals surface area contributed by atoms with Crippen LogP contribution in [-0.2, 0) is 9.53 Å². The van der Waals surface area contributed by atoms with Gasteiger partial charge in [-0.3, -0.25) is 4.79 Å². The normalized spacial score (nSPS) is 17.2. The lowest BCUT2D eigenvalue weighted by molar-refractivity contribution is -0.135. The van der Waals surface area contributed by atoms with E-state index in [9.17, 15) is 9.59 Å². The van der Waals surface area contributed by atoms with Gasteiger partial charge in [-0.25, -0.2) is 9.78 Å². The average molecular weight is 385 g/mol. The van der Waals surface area contributed by atoms with Gasteiger partial charge in [-0.1, -0.05) is 17.3 Å². The Kier molecular flexibility index (Phi) is 4.89. The fourth-order valence-corrected chi connectivity index (χ4v) is 4.31. The van der Waals surface area contributed by atoms with Crippen LogP contribution < -0.4 is 0 Å². The molecule has 1 atom stereocenters. The molecule has 3 heterocycles. The summed E-state index contributed by atoms with van der Waals surface area (Å²) in [5, 5.41) is 4.70. The number of carbonyl (C=O) groups excluding carboxylic acids is 2. The van der Waals surface area contributed by atoms with Gasteiger partial charge in [0.1, 0.15) is 0 Å². The van der Waals surface area contributed by atoms with Crippen molar-refractivity contribution in [2.45, 2.75) is 25.7 Å². The molecule has 7 nitrogen and oxygen atoms in total. The van der Waals surface area contributed by atoms with Crippen LogP contribution in [0, 0.1) is 6.92 Å². The number of carbonyl (C=O) groups is 2. The molecule has 0 saturated carbocycles. The van der Waals surface area contributed by atoms with Crippen LogP contribution in [0.4, 0.5) is 0 Å². The molecule has 1 amide bonds. The highest BCUT2D eigenvalue weighted by molar-refractivity contribution is 7.18. The molecule has 0 radical (unpaired) electrons. The molecule has 1 aliphatic rings. The highest BCUT2D eigenvalue weighted by Gasteiger charge is 2.27. The van der Waals surface area contributed by atoms with E-state index >= 15 is 0 Å². The second kappa shape index (κ2) is 7.48. The lowest BCUT2D eigenvalue weighted by Gasteiger charge is -2.31. The largest absolute Gasteiger partial charge is 0.450 e. The van der Waals surface area contributed by atoms with Gasteiger partial charge in [-0.15, -0.1) is 11.3 Å². The van der Waals surface area contributed by atoms with Crippen molar-refractivity contribution in [3.8, 4) is 0 Å². The molecule has 0 aliphatic carbocycles. The van der Waals surface area contributed by atoms with E-state index in [0.29, 0.717) is 18.8 Å². The van der Waals surface area contributed by atoms with Crippen LogP contribution in [0.1, 0.15) is 40.0 Å². The standard InChI is InChI=1S/C19H19N3O4S/c1-12-9-15(26-21-12)19(24)25-11-17(23)22-8-4-5-13(10-22)18-20-14-6-2-3-7-16(14)27-18/h2-3,6-7,9,13H,4-5,8,10-11H2,1H3/t13-/m0/s1. The Balaban J connectivity index is 1.37. The van der Waals surface area contributed by atoms with Gasteiger partial charge in [-0.05, 0) is 31.9 Å². The fraction of sp³-hybridized carbons (Fsp3) is 0.368. The molecule has 140 valence electrons. The first-order valence-corrected chi connectivity index (χ1v) is 9.65. The highest BCUT2D eigenvalue weighted by Crippen LogP contribution is 2.32. The summed E-state index contributed by atoms with van der Waals surface area (Å²) in [6.07, 6.45) is 1.91. The lowest BCUT2D eigenvalue weighted by atomic mass is 9.99. The summed E-state index contributed by atoms with van der Waals surface area (Å²) < 4.78 is 11.1. The Morgan fingerprint density at radius 1 is 1.37 bits per heavy atom. The van der Waals surface area contributed by atoms with E-state index in [1.54, 1.807) is 23.2 Å². The summed E-state index contributed by atoms with van der Waals surface area (Å²) in [4.78, 5) is 30.8. The molecule has 4 rings (SSSR count). The number of ether oxygens (including phenoxy) is 1. The maximum absolute atomic E-state index is 12.5. The van der Waals surface area contributed by atoms with Crippen LogP contribution in [0.2, 0.25) is 0 Å². The third-order valence-electron chi connectivity index (χ3n) is 4.59. The average Bonchev–Trinajstić information content (AvgIpc) is 3.32. The van der Waals surface area contributed by atoms with Crippen LogP contribution in [0.3, 0.4) is 0 Å². The Bertz CT molecular complexity index is 947. The quantitative estimate of drug-likeness (QED) is 0.641. The second-order valence-corrected chi connectivity index (χ2v) is 7.67. The summed E-state index contributed by atoms with van der Waals surface area (Å²) in [7, 11) is 0. The van der Waals surface area contributed by atoms with E-state index in [0.717, 1.165) is 28.1 Å². The van der Waals surface area contributed by atoms with E-state index in [1.165, 1.54) is 6.07 Å². The smallest absolute Gasteiger partial charge is 0.377 e. The van der Waals surface area contributed by atoms with Crippen molar-refractivity contribution in [3.05, 3.63) is 46.8 Å². The molecule has 0 N–H and O–H groups in total. The third kappa shape index (κ3) is 3.85. The molecule has 2 aromatic heterocycles. The summed E-state index contributed by atoms with van der Waals surface area (Å²) in [6.45, 7) is 2.67. The Morgan fingerprint density at radius 3 is 3.00 bits per heavy atom. The van der Waals surface area contributed by atoms with Gasteiger partial charge in [0.2, 0.25) is 5.76 Å². The first-order chi connectivity index (χ1) is 13.1. The van der Waals surface area contributed by atoms with Gasteiger partial charge < -0.3 is 14.2 Å². The van der Waals surface area contributed by atoms with Crippen molar-refractivity contribution >= 4 is 33.4 Å². The molecule has 27 heavy (non-hydrogen) atoms. The molecular weight excluding hydrogens is 366 g/mol. The Hall–Kier alpha value is -2.74. The molecule has 0 spiro atoms. The Labute approximate surface area is 159 Å². The predicted molar refractivity (Wildman–Crippen MR) is 99.7 cm³/mol. The molecule has 1 saturated heterocycles. The van der Waals surface area contributed by atoms with Gasteiger partial charge in [0.15, 0.2) is 6.61 Å². The van der Waals surface area contributed by atoms with Crippen molar-refractivity contribution in [1.29, 1.82) is 0 Å². The van der Waals surface area contributed by atoms with E-state index in [1.807, 2.05) is 18.2 Å². The van der Waals surface area contributed by atoms with Gasteiger partial charge >= 0.3 is 5.97 Å². The second-order valence-electron chi connectivity index (χ2n) is 6.61. The monoisotopic (exact) mass is 385 g/mol. The highest BCUT2D eigenvalue weighted by atomic mass is 32.1. The molecule has 8 heteroatoms. The number of hydrogen-bond donors (Lipinski definition) is 0. The van der Waals surface area contributed by atoms with E-state index in [-0.39, 0.29) is 24.2 Å². The van der Waals surface area contributed by atoms with E-state index in [4.69, 9.17) is 14.2 Å². The number of para-hydroxylation sites is 1. The minimum Gasteiger partial charge on any atom is -0.450 e. The number of aryl methyl sites for hydroxylation is 1. The summed E-state index contributed by atoms with van der Waals surface area (Å²) >= 11 is 1.68. The third-order valence-corrected chi connectivity index (χ3v) is 5.79. The SMILES string of the molecule is Cc1cc(C(=O)OCC(=O)N2CCC[C@H](c3nc4ccccc4s3)C2)on1. The van der Waals surface area contributed by atoms with E-state index in [2.05, 4.69) is 11.2 Å². The van der Waals surface area contributed by atoms with Crippen LogP contribution in [0.25, 0.3) is 10.2 Å². The number of thiazole rings is 1. The predicted octanol–water partition coefficient (Wildman–Crippen LogP) is 3.16. The Morgan fingerprint density at radius 2 is 2.22 bits per heavy atom. The maximum atomic E-state index is 12.5. The van der Waals surface area contributed by atoms with Gasteiger partial charge in [-0.2, -0.15) is 0 Å². The number of piperidine rings is 1. The summed E-state index contributed by atoms with van der Waals surface area (Å²) in [5.41, 5.74) is 1.58. The molecule has 0 bridgehead atoms. The van der Waals surface area contributed by atoms with Crippen molar-refractivity contribution in [1.82, 2.24) is 15.0 Å². The molecule has 0 unspecified atom stereocenters. The number of benzene rings is 1. The van der Waals surface area contributed by atoms with Crippen molar-refractivity contribution in [2.75, 3.05) is 19.7 Å². The number of fused-ring (bicyclic) bond motifs is 1. The molecule has 3 aromatic rings.